The predicted octanol–water partition coefficient (Wildman–Crippen LogP) is 7.64. The molecule has 1 heteroatoms. The summed E-state index contributed by atoms with van der Waals surface area (Å²) in [5.41, 5.74) is 10.1. The molecule has 7 aromatic carbocycles. The van der Waals surface area contributed by atoms with Crippen LogP contribution in [-0.4, -0.2) is 6.15 Å². The van der Waals surface area contributed by atoms with Gasteiger partial charge in [0, 0.05) is 5.41 Å². The predicted molar refractivity (Wildman–Crippen MR) is 193 cm³/mol. The number of hydrogen-bond acceptors (Lipinski definition) is 0. The van der Waals surface area contributed by atoms with Crippen LogP contribution in [0.3, 0.4) is 0 Å². The van der Waals surface area contributed by atoms with Gasteiger partial charge in [-0.1, -0.05) is 212 Å². The molecule has 0 nitrogen and oxygen atoms in total. The third kappa shape index (κ3) is 5.11. The van der Waals surface area contributed by atoms with E-state index in [9.17, 15) is 0 Å². The van der Waals surface area contributed by atoms with Gasteiger partial charge in [-0.15, -0.1) is 0 Å². The zero-order valence-electron chi connectivity index (χ0n) is 25.4. The quantitative estimate of drug-likeness (QED) is 0.123. The molecule has 0 spiro atoms. The van der Waals surface area contributed by atoms with Crippen molar-refractivity contribution in [3.63, 3.8) is 0 Å². The maximum atomic E-state index is 2.38. The summed E-state index contributed by atoms with van der Waals surface area (Å²) < 4.78 is 0. The molecule has 0 saturated heterocycles. The summed E-state index contributed by atoms with van der Waals surface area (Å²) >= 11 is 0. The van der Waals surface area contributed by atoms with Gasteiger partial charge in [-0.2, -0.15) is 21.9 Å². The van der Waals surface area contributed by atoms with Crippen molar-refractivity contribution < 1.29 is 0 Å². The maximum absolute atomic E-state index is 2.38. The molecule has 0 aromatic heterocycles. The van der Waals surface area contributed by atoms with Crippen LogP contribution in [0.15, 0.2) is 206 Å². The first-order valence-electron chi connectivity index (χ1n) is 15.9. The highest BCUT2D eigenvalue weighted by Gasteiger charge is 2.39. The smallest absolute Gasteiger partial charge is 0.108 e. The number of rotatable bonds is 9. The molecule has 0 fully saturated rings. The maximum Gasteiger partial charge on any atom is 0.108 e. The van der Waals surface area contributed by atoms with Gasteiger partial charge in [0.1, 0.15) is 6.15 Å². The lowest BCUT2D eigenvalue weighted by molar-refractivity contribution is 0.614. The normalized spacial score (nSPS) is 11.6. The van der Waals surface area contributed by atoms with Gasteiger partial charge in [-0.05, 0) is 23.1 Å². The molecule has 0 heterocycles. The Hall–Kier alpha value is -5.40. The van der Waals surface area contributed by atoms with E-state index in [1.54, 1.807) is 0 Å². The highest BCUT2D eigenvalue weighted by Crippen LogP contribution is 2.42. The summed E-state index contributed by atoms with van der Waals surface area (Å²) in [7, 11) is 0. The van der Waals surface area contributed by atoms with Gasteiger partial charge in [0.25, 0.3) is 0 Å². The second-order valence-corrected chi connectivity index (χ2v) is 12.0. The molecule has 45 heavy (non-hydrogen) atoms. The van der Waals surface area contributed by atoms with Crippen LogP contribution in [0, 0.1) is 0 Å². The first-order chi connectivity index (χ1) is 22.3. The summed E-state index contributed by atoms with van der Waals surface area (Å²) in [5, 5.41) is 0. The van der Waals surface area contributed by atoms with E-state index in [0.717, 1.165) is 6.42 Å². The molecule has 0 aliphatic carbocycles. The van der Waals surface area contributed by atoms with Gasteiger partial charge in [0.2, 0.25) is 0 Å². The molecule has 0 radical (unpaired) electrons. The minimum absolute atomic E-state index is 0.411. The second-order valence-electron chi connectivity index (χ2n) is 12.0. The Labute approximate surface area is 267 Å². The van der Waals surface area contributed by atoms with Crippen LogP contribution in [0.4, 0.5) is 0 Å². The molecule has 0 saturated carbocycles. The van der Waals surface area contributed by atoms with Gasteiger partial charge in [0.15, 0.2) is 0 Å². The van der Waals surface area contributed by atoms with E-state index >= 15 is 0 Å². The van der Waals surface area contributed by atoms with E-state index in [1.165, 1.54) is 44.1 Å². The lowest BCUT2D eigenvalue weighted by Gasteiger charge is -2.47. The molecule has 0 aliphatic heterocycles. The van der Waals surface area contributed by atoms with Crippen LogP contribution in [0.2, 0.25) is 0 Å². The van der Waals surface area contributed by atoms with Crippen LogP contribution in [0.5, 0.6) is 0 Å². The Bertz CT molecular complexity index is 1740. The molecule has 216 valence electrons. The van der Waals surface area contributed by atoms with E-state index in [0.29, 0.717) is 0 Å². The third-order valence-electron chi connectivity index (χ3n) is 9.68. The first kappa shape index (κ1) is 28.4. The molecule has 0 atom stereocenters. The Morgan fingerprint density at radius 2 is 0.600 bits per heavy atom. The van der Waals surface area contributed by atoms with Gasteiger partial charge >= 0.3 is 0 Å². The van der Waals surface area contributed by atoms with Crippen molar-refractivity contribution in [1.29, 1.82) is 0 Å². The molecular formula is C44H36B-. The van der Waals surface area contributed by atoms with E-state index in [-0.39, 0.29) is 0 Å². The van der Waals surface area contributed by atoms with Gasteiger partial charge < -0.3 is 0 Å². The fourth-order valence-corrected chi connectivity index (χ4v) is 7.72. The van der Waals surface area contributed by atoms with Crippen molar-refractivity contribution in [3.05, 3.63) is 229 Å². The minimum atomic E-state index is -1.53. The monoisotopic (exact) mass is 575 g/mol. The first-order valence-corrected chi connectivity index (χ1v) is 15.9. The fraction of sp³-hybridized carbons (Fsp3) is 0.0455. The van der Waals surface area contributed by atoms with E-state index < -0.39 is 11.6 Å². The van der Waals surface area contributed by atoms with Crippen LogP contribution in [0.25, 0.3) is 0 Å². The molecule has 0 aliphatic rings. The molecular weight excluding hydrogens is 539 g/mol. The zero-order chi connectivity index (χ0) is 30.4. The van der Waals surface area contributed by atoms with E-state index in [4.69, 9.17) is 0 Å². The van der Waals surface area contributed by atoms with Crippen LogP contribution < -0.4 is 21.9 Å². The Morgan fingerprint density at radius 3 is 0.956 bits per heavy atom. The average molecular weight is 576 g/mol. The third-order valence-corrected chi connectivity index (χ3v) is 9.68. The summed E-state index contributed by atoms with van der Waals surface area (Å²) in [6, 6.07) is 75.7. The van der Waals surface area contributed by atoms with E-state index in [1.807, 2.05) is 0 Å². The molecule has 0 N–H and O–H groups in total. The summed E-state index contributed by atoms with van der Waals surface area (Å²) in [6.45, 7) is 0. The fourth-order valence-electron chi connectivity index (χ4n) is 7.72. The molecule has 7 rings (SSSR count). The lowest BCUT2D eigenvalue weighted by Crippen LogP contribution is -2.75. The largest absolute Gasteiger partial charge is 0.195 e. The lowest BCUT2D eigenvalue weighted by atomic mass is 9.12. The number of benzene rings is 7. The highest BCUT2D eigenvalue weighted by molar-refractivity contribution is 7.20. The van der Waals surface area contributed by atoms with Gasteiger partial charge in [-0.3, -0.25) is 0 Å². The molecule has 0 unspecified atom stereocenters. The van der Waals surface area contributed by atoms with Crippen molar-refractivity contribution in [2.45, 2.75) is 11.8 Å². The van der Waals surface area contributed by atoms with Crippen LogP contribution >= 0.6 is 0 Å². The van der Waals surface area contributed by atoms with Crippen molar-refractivity contribution in [1.82, 2.24) is 0 Å². The SMILES string of the molecule is c1ccc([B-](c2ccccc2)(c2ccccc2)c2ccccc2CC(c2ccccc2)(c2ccccc2)c2ccccc2)cc1. The van der Waals surface area contributed by atoms with Crippen molar-refractivity contribution in [2.75, 3.05) is 0 Å². The summed E-state index contributed by atoms with van der Waals surface area (Å²) in [5.74, 6) is 0. The summed E-state index contributed by atoms with van der Waals surface area (Å²) in [6.07, 6.45) is -0.726. The highest BCUT2D eigenvalue weighted by atomic mass is 14.4. The molecule has 7 aromatic rings. The van der Waals surface area contributed by atoms with Crippen molar-refractivity contribution >= 4 is 28.0 Å². The average Bonchev–Trinajstić information content (AvgIpc) is 3.14. The van der Waals surface area contributed by atoms with Crippen molar-refractivity contribution in [2.24, 2.45) is 0 Å². The van der Waals surface area contributed by atoms with Gasteiger partial charge in [-0.25, -0.2) is 0 Å². The summed E-state index contributed by atoms with van der Waals surface area (Å²) in [4.78, 5) is 0. The minimum Gasteiger partial charge on any atom is -0.195 e. The molecule has 0 amide bonds. The van der Waals surface area contributed by atoms with Crippen molar-refractivity contribution in [3.8, 4) is 0 Å². The zero-order valence-corrected chi connectivity index (χ0v) is 25.4. The second kappa shape index (κ2) is 12.7. The Kier molecular flexibility index (Phi) is 8.00. The number of hydrogen-bond donors (Lipinski definition) is 0. The van der Waals surface area contributed by atoms with E-state index in [2.05, 4.69) is 206 Å². The van der Waals surface area contributed by atoms with Gasteiger partial charge in [0.05, 0.1) is 0 Å². The molecule has 0 bridgehead atoms. The Morgan fingerprint density at radius 1 is 0.311 bits per heavy atom. The standard InChI is InChI=1S/C44H36B/c1-7-22-37(23-8-1)44(38-24-9-2-10-25-38,39-26-11-3-12-27-39)35-36-21-19-20-34-43(36)45(40-28-13-4-14-29-40,41-30-15-5-16-31-41)42-32-17-6-18-33-42/h1-34H,35H2/q-1. The van der Waals surface area contributed by atoms with Crippen LogP contribution in [0.1, 0.15) is 22.3 Å². The Balaban J connectivity index is 1.57. The van der Waals surface area contributed by atoms with Crippen LogP contribution in [-0.2, 0) is 11.8 Å². The topological polar surface area (TPSA) is 0 Å².